The Kier molecular flexibility index (Phi) is 5.30. The summed E-state index contributed by atoms with van der Waals surface area (Å²) in [6.07, 6.45) is 2.65. The number of nitrogens with zero attached hydrogens (tertiary/aromatic N) is 4. The second-order valence-corrected chi connectivity index (χ2v) is 6.66. The summed E-state index contributed by atoms with van der Waals surface area (Å²) in [6.45, 7) is 2.47. The van der Waals surface area contributed by atoms with E-state index in [4.69, 9.17) is 0 Å². The lowest BCUT2D eigenvalue weighted by Crippen LogP contribution is -2.07. The van der Waals surface area contributed by atoms with Gasteiger partial charge in [-0.3, -0.25) is 4.57 Å². The number of hydrogen-bond acceptors (Lipinski definition) is 6. The first-order valence-corrected chi connectivity index (χ1v) is 7.86. The lowest BCUT2D eigenvalue weighted by Gasteiger charge is -2.04. The standard InChI is InChI=1S/C11H15F2N5S2/c1-7(2)5-15-10-16-17-11(20-10)19-6-8-14-3-4-18(8)9(12)13/h3-4,7,9H,5-6H2,1-2H3,(H,15,16). The van der Waals surface area contributed by atoms with Gasteiger partial charge in [0.05, 0.1) is 5.75 Å². The minimum absolute atomic E-state index is 0.330. The second kappa shape index (κ2) is 6.98. The molecule has 0 aliphatic rings. The van der Waals surface area contributed by atoms with Crippen molar-refractivity contribution in [3.05, 3.63) is 18.2 Å². The Labute approximate surface area is 123 Å². The van der Waals surface area contributed by atoms with Crippen molar-refractivity contribution in [2.45, 2.75) is 30.5 Å². The molecule has 0 saturated heterocycles. The largest absolute Gasteiger partial charge is 0.360 e. The van der Waals surface area contributed by atoms with Crippen molar-refractivity contribution in [2.24, 2.45) is 5.92 Å². The molecular weight excluding hydrogens is 304 g/mol. The summed E-state index contributed by atoms with van der Waals surface area (Å²) >= 11 is 2.77. The number of imidazole rings is 1. The van der Waals surface area contributed by atoms with Crippen molar-refractivity contribution in [3.63, 3.8) is 0 Å². The highest BCUT2D eigenvalue weighted by atomic mass is 32.2. The Hall–Kier alpha value is -1.22. The van der Waals surface area contributed by atoms with E-state index < -0.39 is 6.55 Å². The molecular formula is C11H15F2N5S2. The van der Waals surface area contributed by atoms with Gasteiger partial charge in [0.1, 0.15) is 5.82 Å². The van der Waals surface area contributed by atoms with Gasteiger partial charge in [-0.25, -0.2) is 4.98 Å². The minimum atomic E-state index is -2.56. The molecule has 9 heteroatoms. The number of halogens is 2. The molecule has 2 rings (SSSR count). The number of thioether (sulfide) groups is 1. The Morgan fingerprint density at radius 1 is 1.40 bits per heavy atom. The van der Waals surface area contributed by atoms with Gasteiger partial charge in [0.2, 0.25) is 5.13 Å². The summed E-state index contributed by atoms with van der Waals surface area (Å²) in [5.74, 6) is 1.20. The van der Waals surface area contributed by atoms with Gasteiger partial charge in [-0.2, -0.15) is 8.78 Å². The van der Waals surface area contributed by atoms with Gasteiger partial charge in [0.15, 0.2) is 4.34 Å². The van der Waals surface area contributed by atoms with Crippen LogP contribution >= 0.6 is 23.1 Å². The maximum absolute atomic E-state index is 12.6. The van der Waals surface area contributed by atoms with Crippen LogP contribution in [0.1, 0.15) is 26.2 Å². The third-order valence-corrected chi connectivity index (χ3v) is 4.36. The van der Waals surface area contributed by atoms with Crippen LogP contribution in [0.2, 0.25) is 0 Å². The van der Waals surface area contributed by atoms with Crippen LogP contribution in [0.5, 0.6) is 0 Å². The molecule has 2 heterocycles. The number of aromatic nitrogens is 4. The topological polar surface area (TPSA) is 55.6 Å². The van der Waals surface area contributed by atoms with E-state index in [1.165, 1.54) is 35.5 Å². The van der Waals surface area contributed by atoms with Gasteiger partial charge in [-0.1, -0.05) is 36.9 Å². The molecule has 0 fully saturated rings. The van der Waals surface area contributed by atoms with Crippen molar-refractivity contribution in [3.8, 4) is 0 Å². The van der Waals surface area contributed by atoms with Crippen molar-refractivity contribution in [2.75, 3.05) is 11.9 Å². The first-order valence-electron chi connectivity index (χ1n) is 6.06. The molecule has 1 N–H and O–H groups in total. The van der Waals surface area contributed by atoms with Crippen molar-refractivity contribution in [1.29, 1.82) is 0 Å². The number of hydrogen-bond donors (Lipinski definition) is 1. The zero-order valence-electron chi connectivity index (χ0n) is 11.1. The Morgan fingerprint density at radius 3 is 2.90 bits per heavy atom. The molecule has 2 aromatic rings. The van der Waals surface area contributed by atoms with Crippen LogP contribution in [0.4, 0.5) is 13.9 Å². The van der Waals surface area contributed by atoms with Crippen LogP contribution in [0, 0.1) is 5.92 Å². The smallest absolute Gasteiger partial charge is 0.319 e. The Balaban J connectivity index is 1.89. The van der Waals surface area contributed by atoms with Crippen molar-refractivity contribution >= 4 is 28.2 Å². The molecule has 0 saturated carbocycles. The van der Waals surface area contributed by atoms with E-state index in [9.17, 15) is 8.78 Å². The third kappa shape index (κ3) is 4.14. The fraction of sp³-hybridized carbons (Fsp3) is 0.545. The van der Waals surface area contributed by atoms with E-state index in [-0.39, 0.29) is 0 Å². The van der Waals surface area contributed by atoms with Crippen molar-refractivity contribution < 1.29 is 8.78 Å². The molecule has 0 bridgehead atoms. The molecule has 5 nitrogen and oxygen atoms in total. The number of rotatable bonds is 7. The fourth-order valence-corrected chi connectivity index (χ4v) is 3.10. The number of nitrogens with one attached hydrogen (secondary N) is 1. The SMILES string of the molecule is CC(C)CNc1nnc(SCc2nccn2C(F)F)s1. The quantitative estimate of drug-likeness (QED) is 0.792. The van der Waals surface area contributed by atoms with Crippen LogP contribution in [0.3, 0.4) is 0 Å². The Morgan fingerprint density at radius 2 is 2.20 bits per heavy atom. The monoisotopic (exact) mass is 319 g/mol. The molecule has 0 radical (unpaired) electrons. The van der Waals surface area contributed by atoms with E-state index in [1.54, 1.807) is 0 Å². The average Bonchev–Trinajstić information content (AvgIpc) is 3.02. The summed E-state index contributed by atoms with van der Waals surface area (Å²) in [5.41, 5.74) is 0. The van der Waals surface area contributed by atoms with Gasteiger partial charge < -0.3 is 5.32 Å². The van der Waals surface area contributed by atoms with Crippen LogP contribution in [0.15, 0.2) is 16.7 Å². The highest BCUT2D eigenvalue weighted by Crippen LogP contribution is 2.28. The van der Waals surface area contributed by atoms with Crippen LogP contribution in [-0.4, -0.2) is 26.3 Å². The van der Waals surface area contributed by atoms with Crippen LogP contribution in [0.25, 0.3) is 0 Å². The summed E-state index contributed by atoms with van der Waals surface area (Å²) < 4.78 is 26.9. The number of alkyl halides is 2. The Bertz CT molecular complexity index is 540. The van der Waals surface area contributed by atoms with E-state index in [0.29, 0.717) is 17.5 Å². The lowest BCUT2D eigenvalue weighted by molar-refractivity contribution is 0.0678. The molecule has 0 unspecified atom stereocenters. The molecule has 0 amide bonds. The first-order chi connectivity index (χ1) is 9.56. The first kappa shape index (κ1) is 15.2. The summed E-state index contributed by atoms with van der Waals surface area (Å²) in [5, 5.41) is 11.9. The average molecular weight is 319 g/mol. The summed E-state index contributed by atoms with van der Waals surface area (Å²) in [6, 6.07) is 0. The maximum atomic E-state index is 12.6. The molecule has 0 aromatic carbocycles. The zero-order chi connectivity index (χ0) is 14.5. The third-order valence-electron chi connectivity index (χ3n) is 2.35. The van der Waals surface area contributed by atoms with Crippen LogP contribution in [-0.2, 0) is 5.75 Å². The van der Waals surface area contributed by atoms with Crippen LogP contribution < -0.4 is 5.32 Å². The van der Waals surface area contributed by atoms with E-state index in [2.05, 4.69) is 34.3 Å². The zero-order valence-corrected chi connectivity index (χ0v) is 12.7. The van der Waals surface area contributed by atoms with Gasteiger partial charge >= 0.3 is 6.55 Å². The summed E-state index contributed by atoms with van der Waals surface area (Å²) in [7, 11) is 0. The predicted molar refractivity (Wildman–Crippen MR) is 76.3 cm³/mol. The maximum Gasteiger partial charge on any atom is 0.319 e. The van der Waals surface area contributed by atoms with E-state index in [0.717, 1.165) is 20.6 Å². The molecule has 2 aromatic heterocycles. The van der Waals surface area contributed by atoms with E-state index in [1.807, 2.05) is 0 Å². The van der Waals surface area contributed by atoms with Gasteiger partial charge in [0.25, 0.3) is 0 Å². The predicted octanol–water partition coefficient (Wildman–Crippen LogP) is 3.49. The molecule has 0 atom stereocenters. The highest BCUT2D eigenvalue weighted by Gasteiger charge is 2.13. The lowest BCUT2D eigenvalue weighted by atomic mass is 10.2. The number of anilines is 1. The van der Waals surface area contributed by atoms with Gasteiger partial charge in [0, 0.05) is 18.9 Å². The molecule has 0 aliphatic carbocycles. The summed E-state index contributed by atoms with van der Waals surface area (Å²) in [4.78, 5) is 3.92. The highest BCUT2D eigenvalue weighted by molar-refractivity contribution is 8.00. The molecule has 0 aliphatic heterocycles. The fourth-order valence-electron chi connectivity index (χ4n) is 1.39. The van der Waals surface area contributed by atoms with E-state index >= 15 is 0 Å². The molecule has 0 spiro atoms. The van der Waals surface area contributed by atoms with Crippen molar-refractivity contribution in [1.82, 2.24) is 19.7 Å². The molecule has 20 heavy (non-hydrogen) atoms. The van der Waals surface area contributed by atoms with Gasteiger partial charge in [-0.15, -0.1) is 10.2 Å². The molecule has 110 valence electrons. The second-order valence-electron chi connectivity index (χ2n) is 4.46. The normalized spacial score (nSPS) is 11.5. The minimum Gasteiger partial charge on any atom is -0.360 e. The van der Waals surface area contributed by atoms with Gasteiger partial charge in [-0.05, 0) is 5.92 Å².